The van der Waals surface area contributed by atoms with E-state index in [4.69, 9.17) is 4.74 Å². The van der Waals surface area contributed by atoms with Crippen LogP contribution >= 0.6 is 0 Å². The molecule has 1 aliphatic rings. The lowest BCUT2D eigenvalue weighted by atomic mass is 9.97. The third kappa shape index (κ3) is 3.88. The van der Waals surface area contributed by atoms with Gasteiger partial charge in [-0.2, -0.15) is 17.7 Å². The van der Waals surface area contributed by atoms with Crippen LogP contribution in [0.2, 0.25) is 0 Å². The van der Waals surface area contributed by atoms with Crippen LogP contribution in [0.3, 0.4) is 0 Å². The van der Waals surface area contributed by atoms with Gasteiger partial charge in [0.2, 0.25) is 0 Å². The molecule has 0 amide bonds. The van der Waals surface area contributed by atoms with Gasteiger partial charge in [-0.3, -0.25) is 4.79 Å². The molecule has 142 valence electrons. The Bertz CT molecular complexity index is 769. The van der Waals surface area contributed by atoms with Crippen LogP contribution in [0.15, 0.2) is 12.1 Å². The molecule has 1 saturated heterocycles. The Morgan fingerprint density at radius 2 is 2.00 bits per heavy atom. The molecule has 0 unspecified atom stereocenters. The van der Waals surface area contributed by atoms with Crippen molar-refractivity contribution >= 4 is 17.4 Å². The number of aromatic nitrogens is 4. The number of alkyl halides is 3. The molecule has 0 N–H and O–H groups in total. The number of piperidine rings is 1. The summed E-state index contributed by atoms with van der Waals surface area (Å²) in [5.41, 5.74) is 0.0375. The maximum atomic E-state index is 13.0. The van der Waals surface area contributed by atoms with E-state index in [0.717, 1.165) is 12.8 Å². The standard InChI is InChI=1S/C16H20F3N5O2/c1-2-3-10-26-14(25)11-6-8-23(9-7-11)13-5-4-12-20-21-15(16(17,18)19)24(12)22-13/h4-5,11H,2-3,6-10H2,1H3. The predicted molar refractivity (Wildman–Crippen MR) is 86.6 cm³/mol. The quantitative estimate of drug-likeness (QED) is 0.594. The Labute approximate surface area is 148 Å². The molecule has 7 nitrogen and oxygen atoms in total. The van der Waals surface area contributed by atoms with Crippen LogP contribution in [0, 0.1) is 5.92 Å². The van der Waals surface area contributed by atoms with Crippen molar-refractivity contribution in [1.82, 2.24) is 19.8 Å². The van der Waals surface area contributed by atoms with Gasteiger partial charge < -0.3 is 9.64 Å². The molecule has 1 aliphatic heterocycles. The van der Waals surface area contributed by atoms with E-state index in [2.05, 4.69) is 15.3 Å². The van der Waals surface area contributed by atoms with E-state index >= 15 is 0 Å². The van der Waals surface area contributed by atoms with E-state index < -0.39 is 12.0 Å². The minimum Gasteiger partial charge on any atom is -0.465 e. The number of carbonyl (C=O) groups excluding carboxylic acids is 1. The van der Waals surface area contributed by atoms with E-state index in [1.54, 1.807) is 6.07 Å². The van der Waals surface area contributed by atoms with E-state index in [1.807, 2.05) is 11.8 Å². The number of anilines is 1. The molecule has 2 aromatic heterocycles. The summed E-state index contributed by atoms with van der Waals surface area (Å²) >= 11 is 0. The number of hydrogen-bond donors (Lipinski definition) is 0. The van der Waals surface area contributed by atoms with Crippen molar-refractivity contribution < 1.29 is 22.7 Å². The maximum absolute atomic E-state index is 13.0. The summed E-state index contributed by atoms with van der Waals surface area (Å²) in [5.74, 6) is -1.11. The number of carbonyl (C=O) groups is 1. The molecule has 3 heterocycles. The Balaban J connectivity index is 1.67. The van der Waals surface area contributed by atoms with Crippen LogP contribution in [0.25, 0.3) is 5.65 Å². The zero-order valence-electron chi connectivity index (χ0n) is 14.4. The second-order valence-electron chi connectivity index (χ2n) is 6.27. The molecule has 0 atom stereocenters. The highest BCUT2D eigenvalue weighted by atomic mass is 19.4. The summed E-state index contributed by atoms with van der Waals surface area (Å²) < 4.78 is 44.8. The van der Waals surface area contributed by atoms with Crippen molar-refractivity contribution in [2.45, 2.75) is 38.8 Å². The van der Waals surface area contributed by atoms with Crippen molar-refractivity contribution in [1.29, 1.82) is 0 Å². The molecule has 0 spiro atoms. The number of nitrogens with zero attached hydrogens (tertiary/aromatic N) is 5. The van der Waals surface area contributed by atoms with Crippen molar-refractivity contribution in [3.05, 3.63) is 18.0 Å². The van der Waals surface area contributed by atoms with Crippen LogP contribution in [-0.4, -0.2) is 45.5 Å². The summed E-state index contributed by atoms with van der Waals surface area (Å²) in [6.45, 7) is 3.50. The molecule has 1 fully saturated rings. The van der Waals surface area contributed by atoms with Crippen molar-refractivity contribution in [3.63, 3.8) is 0 Å². The molecule has 0 radical (unpaired) electrons. The highest BCUT2D eigenvalue weighted by molar-refractivity contribution is 5.72. The number of unbranched alkanes of at least 4 members (excludes halogenated alkanes) is 1. The Kier molecular flexibility index (Phi) is 5.28. The van der Waals surface area contributed by atoms with Gasteiger partial charge in [0.05, 0.1) is 12.5 Å². The highest BCUT2D eigenvalue weighted by Crippen LogP contribution is 2.28. The lowest BCUT2D eigenvalue weighted by molar-refractivity contribution is -0.149. The van der Waals surface area contributed by atoms with Crippen LogP contribution < -0.4 is 4.90 Å². The number of esters is 1. The lowest BCUT2D eigenvalue weighted by Crippen LogP contribution is -2.37. The first-order chi connectivity index (χ1) is 12.4. The molecule has 26 heavy (non-hydrogen) atoms. The molecular formula is C16H20F3N5O2. The first-order valence-electron chi connectivity index (χ1n) is 8.61. The first-order valence-corrected chi connectivity index (χ1v) is 8.61. The first kappa shape index (κ1) is 18.4. The van der Waals surface area contributed by atoms with Crippen LogP contribution in [-0.2, 0) is 15.7 Å². The number of fused-ring (bicyclic) bond motifs is 1. The van der Waals surface area contributed by atoms with E-state index in [-0.39, 0.29) is 17.5 Å². The fourth-order valence-electron chi connectivity index (χ4n) is 2.90. The molecular weight excluding hydrogens is 351 g/mol. The van der Waals surface area contributed by atoms with Gasteiger partial charge in [-0.1, -0.05) is 13.3 Å². The minimum atomic E-state index is -4.62. The second kappa shape index (κ2) is 7.46. The lowest BCUT2D eigenvalue weighted by Gasteiger charge is -2.31. The van der Waals surface area contributed by atoms with Crippen molar-refractivity contribution in [2.75, 3.05) is 24.6 Å². The fourth-order valence-corrected chi connectivity index (χ4v) is 2.90. The van der Waals surface area contributed by atoms with E-state index in [9.17, 15) is 18.0 Å². The smallest absolute Gasteiger partial charge is 0.453 e. The molecule has 3 rings (SSSR count). The molecule has 10 heteroatoms. The summed E-state index contributed by atoms with van der Waals surface area (Å²) in [5, 5.41) is 10.7. The highest BCUT2D eigenvalue weighted by Gasteiger charge is 2.38. The average molecular weight is 371 g/mol. The second-order valence-corrected chi connectivity index (χ2v) is 6.27. The molecule has 0 aromatic carbocycles. The molecule has 0 saturated carbocycles. The Morgan fingerprint density at radius 3 is 2.65 bits per heavy atom. The third-order valence-electron chi connectivity index (χ3n) is 4.40. The maximum Gasteiger partial charge on any atom is 0.453 e. The van der Waals surface area contributed by atoms with Gasteiger partial charge in [-0.05, 0) is 31.4 Å². The van der Waals surface area contributed by atoms with Crippen molar-refractivity contribution in [3.8, 4) is 0 Å². The number of ether oxygens (including phenoxy) is 1. The van der Waals surface area contributed by atoms with Gasteiger partial charge in [-0.15, -0.1) is 15.3 Å². The molecule has 2 aromatic rings. The topological polar surface area (TPSA) is 72.6 Å². The average Bonchev–Trinajstić information content (AvgIpc) is 3.05. The van der Waals surface area contributed by atoms with Gasteiger partial charge in [0, 0.05) is 13.1 Å². The fraction of sp³-hybridized carbons (Fsp3) is 0.625. The van der Waals surface area contributed by atoms with E-state index in [1.165, 1.54) is 6.07 Å². The summed E-state index contributed by atoms with van der Waals surface area (Å²) in [4.78, 5) is 13.9. The SMILES string of the molecule is CCCCOC(=O)C1CCN(c2ccc3nnc(C(F)(F)F)n3n2)CC1. The summed E-state index contributed by atoms with van der Waals surface area (Å²) in [7, 11) is 0. The van der Waals surface area contributed by atoms with Gasteiger partial charge in [0.1, 0.15) is 5.82 Å². The van der Waals surface area contributed by atoms with Gasteiger partial charge in [0.15, 0.2) is 5.65 Å². The van der Waals surface area contributed by atoms with Crippen LogP contribution in [0.1, 0.15) is 38.4 Å². The number of halogens is 3. The third-order valence-corrected chi connectivity index (χ3v) is 4.40. The Hall–Kier alpha value is -2.39. The monoisotopic (exact) mass is 371 g/mol. The van der Waals surface area contributed by atoms with Crippen molar-refractivity contribution in [2.24, 2.45) is 5.92 Å². The number of hydrogen-bond acceptors (Lipinski definition) is 6. The molecule has 0 bridgehead atoms. The van der Waals surface area contributed by atoms with Gasteiger partial charge >= 0.3 is 12.1 Å². The summed E-state index contributed by atoms with van der Waals surface area (Å²) in [6, 6.07) is 3.07. The largest absolute Gasteiger partial charge is 0.465 e. The Morgan fingerprint density at radius 1 is 1.27 bits per heavy atom. The van der Waals surface area contributed by atoms with Crippen LogP contribution in [0.4, 0.5) is 19.0 Å². The number of rotatable bonds is 5. The zero-order valence-corrected chi connectivity index (χ0v) is 14.4. The normalized spacial score (nSPS) is 16.2. The summed E-state index contributed by atoms with van der Waals surface area (Å²) in [6.07, 6.45) is -1.66. The molecule has 0 aliphatic carbocycles. The minimum absolute atomic E-state index is 0.0375. The van der Waals surface area contributed by atoms with Gasteiger partial charge in [-0.25, -0.2) is 0 Å². The predicted octanol–water partition coefficient (Wildman–Crippen LogP) is 2.70. The van der Waals surface area contributed by atoms with Crippen LogP contribution in [0.5, 0.6) is 0 Å². The van der Waals surface area contributed by atoms with E-state index in [0.29, 0.717) is 42.9 Å². The zero-order chi connectivity index (χ0) is 18.7. The van der Waals surface area contributed by atoms with Gasteiger partial charge in [0.25, 0.3) is 5.82 Å².